The summed E-state index contributed by atoms with van der Waals surface area (Å²) in [5.74, 6) is -0.141. The summed E-state index contributed by atoms with van der Waals surface area (Å²) in [6.07, 6.45) is 2.55. The van der Waals surface area contributed by atoms with Gasteiger partial charge in [0.2, 0.25) is 0 Å². The van der Waals surface area contributed by atoms with Crippen molar-refractivity contribution in [2.45, 2.75) is 20.3 Å². The predicted octanol–water partition coefficient (Wildman–Crippen LogP) is 3.92. The number of thiophene rings is 1. The Hall–Kier alpha value is -1.39. The summed E-state index contributed by atoms with van der Waals surface area (Å²) in [5, 5.41) is 3.12. The Bertz CT molecular complexity index is 560. The molecule has 0 bridgehead atoms. The van der Waals surface area contributed by atoms with Gasteiger partial charge in [-0.3, -0.25) is 4.79 Å². The van der Waals surface area contributed by atoms with Gasteiger partial charge in [0.1, 0.15) is 0 Å². The second-order valence-electron chi connectivity index (χ2n) is 3.87. The Labute approximate surface area is 115 Å². The lowest BCUT2D eigenvalue weighted by atomic mass is 10.2. The summed E-state index contributed by atoms with van der Waals surface area (Å²) in [5.41, 5.74) is 1.48. The van der Waals surface area contributed by atoms with Crippen LogP contribution in [0.1, 0.15) is 27.0 Å². The van der Waals surface area contributed by atoms with E-state index >= 15 is 0 Å². The number of aromatic nitrogens is 1. The van der Waals surface area contributed by atoms with Gasteiger partial charge in [-0.2, -0.15) is 0 Å². The van der Waals surface area contributed by atoms with Gasteiger partial charge in [0.25, 0.3) is 5.91 Å². The lowest BCUT2D eigenvalue weighted by Crippen LogP contribution is -2.12. The fourth-order valence-electron chi connectivity index (χ4n) is 1.54. The Morgan fingerprint density at radius 2 is 2.22 bits per heavy atom. The highest BCUT2D eigenvalue weighted by Gasteiger charge is 2.12. The van der Waals surface area contributed by atoms with Crippen LogP contribution in [0.25, 0.3) is 0 Å². The molecule has 2 aromatic rings. The number of rotatable bonds is 3. The predicted molar refractivity (Wildman–Crippen MR) is 75.6 cm³/mol. The number of carbonyl (C=O) groups excluding carboxylic acids is 1. The molecule has 94 valence electrons. The first-order valence-corrected chi connectivity index (χ1v) is 6.82. The molecule has 2 rings (SSSR count). The fraction of sp³-hybridized carbons (Fsp3) is 0.231. The van der Waals surface area contributed by atoms with E-state index in [-0.39, 0.29) is 5.91 Å². The number of aryl methyl sites for hydroxylation is 2. The summed E-state index contributed by atoms with van der Waals surface area (Å²) in [4.78, 5) is 17.9. The second kappa shape index (κ2) is 5.50. The van der Waals surface area contributed by atoms with Gasteiger partial charge in [-0.1, -0.05) is 18.5 Å². The molecule has 0 unspecified atom stereocenters. The highest BCUT2D eigenvalue weighted by atomic mass is 35.5. The smallest absolute Gasteiger partial charge is 0.265 e. The summed E-state index contributed by atoms with van der Waals surface area (Å²) >= 11 is 7.47. The van der Waals surface area contributed by atoms with Crippen molar-refractivity contribution in [3.8, 4) is 0 Å². The highest BCUT2D eigenvalue weighted by Crippen LogP contribution is 2.25. The summed E-state index contributed by atoms with van der Waals surface area (Å²) in [7, 11) is 0. The topological polar surface area (TPSA) is 42.0 Å². The van der Waals surface area contributed by atoms with E-state index in [1.54, 1.807) is 6.20 Å². The lowest BCUT2D eigenvalue weighted by Gasteiger charge is -2.08. The van der Waals surface area contributed by atoms with Crippen LogP contribution >= 0.6 is 22.9 Å². The van der Waals surface area contributed by atoms with E-state index in [1.165, 1.54) is 16.2 Å². The number of nitrogens with one attached hydrogen (secondary N) is 1. The average molecular weight is 281 g/mol. The maximum Gasteiger partial charge on any atom is 0.265 e. The molecule has 0 aliphatic rings. The molecule has 0 saturated carbocycles. The maximum absolute atomic E-state index is 12.1. The molecule has 18 heavy (non-hydrogen) atoms. The molecule has 0 saturated heterocycles. The van der Waals surface area contributed by atoms with Crippen LogP contribution in [0.5, 0.6) is 0 Å². The molecule has 0 aliphatic heterocycles. The van der Waals surface area contributed by atoms with Crippen LogP contribution in [0, 0.1) is 6.92 Å². The minimum Gasteiger partial charge on any atom is -0.318 e. The zero-order valence-corrected chi connectivity index (χ0v) is 11.7. The van der Waals surface area contributed by atoms with Crippen LogP contribution in [0.4, 0.5) is 5.69 Å². The van der Waals surface area contributed by atoms with Crippen LogP contribution in [0.2, 0.25) is 5.15 Å². The van der Waals surface area contributed by atoms with Gasteiger partial charge in [0.05, 0.1) is 10.6 Å². The number of halogens is 1. The summed E-state index contributed by atoms with van der Waals surface area (Å²) in [6, 6.07) is 5.61. The standard InChI is InChI=1S/C13H13ClN2OS/c1-3-9-4-5-10(18-9)13(17)16-11-8(2)6-7-15-12(11)14/h4-7H,3H2,1-2H3,(H,16,17). The molecule has 1 N–H and O–H groups in total. The van der Waals surface area contributed by atoms with Crippen LogP contribution in [0.15, 0.2) is 24.4 Å². The average Bonchev–Trinajstić information content (AvgIpc) is 2.82. The van der Waals surface area contributed by atoms with Gasteiger partial charge < -0.3 is 5.32 Å². The molecule has 1 amide bonds. The highest BCUT2D eigenvalue weighted by molar-refractivity contribution is 7.14. The van der Waals surface area contributed by atoms with Crippen molar-refractivity contribution in [2.75, 3.05) is 5.32 Å². The number of hydrogen-bond donors (Lipinski definition) is 1. The quantitative estimate of drug-likeness (QED) is 0.866. The zero-order valence-electron chi connectivity index (χ0n) is 10.2. The normalized spacial score (nSPS) is 10.4. The van der Waals surface area contributed by atoms with E-state index in [0.29, 0.717) is 15.7 Å². The molecule has 0 fully saturated rings. The third kappa shape index (κ3) is 2.71. The van der Waals surface area contributed by atoms with Crippen molar-refractivity contribution >= 4 is 34.5 Å². The molecule has 0 atom stereocenters. The molecule has 0 radical (unpaired) electrons. The van der Waals surface area contributed by atoms with E-state index in [2.05, 4.69) is 17.2 Å². The SMILES string of the molecule is CCc1ccc(C(=O)Nc2c(C)ccnc2Cl)s1. The van der Waals surface area contributed by atoms with Crippen LogP contribution in [-0.2, 0) is 6.42 Å². The van der Waals surface area contributed by atoms with Gasteiger partial charge in [-0.15, -0.1) is 11.3 Å². The van der Waals surface area contributed by atoms with E-state index in [4.69, 9.17) is 11.6 Å². The number of anilines is 1. The van der Waals surface area contributed by atoms with E-state index < -0.39 is 0 Å². The molecule has 0 aromatic carbocycles. The lowest BCUT2D eigenvalue weighted by molar-refractivity contribution is 0.103. The monoisotopic (exact) mass is 280 g/mol. The minimum atomic E-state index is -0.141. The molecular weight excluding hydrogens is 268 g/mol. The summed E-state index contributed by atoms with van der Waals surface area (Å²) in [6.45, 7) is 3.95. The number of carbonyl (C=O) groups is 1. The Balaban J connectivity index is 2.21. The molecule has 0 spiro atoms. The Morgan fingerprint density at radius 3 is 2.83 bits per heavy atom. The first-order chi connectivity index (χ1) is 8.61. The van der Waals surface area contributed by atoms with Crippen LogP contribution < -0.4 is 5.32 Å². The van der Waals surface area contributed by atoms with Gasteiger partial charge in [-0.05, 0) is 37.1 Å². The molecule has 2 aromatic heterocycles. The number of hydrogen-bond acceptors (Lipinski definition) is 3. The second-order valence-corrected chi connectivity index (χ2v) is 5.39. The van der Waals surface area contributed by atoms with Crippen molar-refractivity contribution < 1.29 is 4.79 Å². The number of nitrogens with zero attached hydrogens (tertiary/aromatic N) is 1. The fourth-order valence-corrected chi connectivity index (χ4v) is 2.64. The van der Waals surface area contributed by atoms with Crippen LogP contribution in [-0.4, -0.2) is 10.9 Å². The van der Waals surface area contributed by atoms with Gasteiger partial charge >= 0.3 is 0 Å². The van der Waals surface area contributed by atoms with Gasteiger partial charge in [0, 0.05) is 11.1 Å². The van der Waals surface area contributed by atoms with E-state index in [0.717, 1.165) is 12.0 Å². The minimum absolute atomic E-state index is 0.141. The van der Waals surface area contributed by atoms with Crippen molar-refractivity contribution in [3.63, 3.8) is 0 Å². The number of amides is 1. The van der Waals surface area contributed by atoms with Crippen molar-refractivity contribution in [1.82, 2.24) is 4.98 Å². The van der Waals surface area contributed by atoms with Crippen LogP contribution in [0.3, 0.4) is 0 Å². The first kappa shape index (κ1) is 13.1. The zero-order chi connectivity index (χ0) is 13.1. The van der Waals surface area contributed by atoms with Gasteiger partial charge in [0.15, 0.2) is 5.15 Å². The van der Waals surface area contributed by atoms with E-state index in [1.807, 2.05) is 25.1 Å². The molecule has 5 heteroatoms. The van der Waals surface area contributed by atoms with Crippen molar-refractivity contribution in [1.29, 1.82) is 0 Å². The Kier molecular flexibility index (Phi) is 3.99. The maximum atomic E-state index is 12.1. The Morgan fingerprint density at radius 1 is 1.44 bits per heavy atom. The molecule has 2 heterocycles. The van der Waals surface area contributed by atoms with Crippen molar-refractivity contribution in [3.05, 3.63) is 44.9 Å². The molecular formula is C13H13ClN2OS. The summed E-state index contributed by atoms with van der Waals surface area (Å²) < 4.78 is 0. The first-order valence-electron chi connectivity index (χ1n) is 5.63. The molecule has 0 aliphatic carbocycles. The van der Waals surface area contributed by atoms with Crippen molar-refractivity contribution in [2.24, 2.45) is 0 Å². The van der Waals surface area contributed by atoms with E-state index in [9.17, 15) is 4.79 Å². The largest absolute Gasteiger partial charge is 0.318 e. The third-order valence-electron chi connectivity index (χ3n) is 2.59. The third-order valence-corrected chi connectivity index (χ3v) is 4.10. The number of pyridine rings is 1. The van der Waals surface area contributed by atoms with Gasteiger partial charge in [-0.25, -0.2) is 4.98 Å². The molecule has 3 nitrogen and oxygen atoms in total.